The summed E-state index contributed by atoms with van der Waals surface area (Å²) in [5, 5.41) is 5.29. The Labute approximate surface area is 186 Å². The maximum Gasteiger partial charge on any atom is 0.341 e. The number of thiophene rings is 1. The smallest absolute Gasteiger partial charge is 0.341 e. The Morgan fingerprint density at radius 2 is 1.87 bits per heavy atom. The Morgan fingerprint density at radius 1 is 1.06 bits per heavy atom. The molecule has 0 spiro atoms. The summed E-state index contributed by atoms with van der Waals surface area (Å²) < 4.78 is 10.5. The zero-order valence-corrected chi connectivity index (χ0v) is 18.5. The molecule has 31 heavy (non-hydrogen) atoms. The van der Waals surface area contributed by atoms with Crippen molar-refractivity contribution >= 4 is 28.2 Å². The van der Waals surface area contributed by atoms with Gasteiger partial charge in [-0.25, -0.2) is 4.79 Å². The van der Waals surface area contributed by atoms with Gasteiger partial charge >= 0.3 is 5.97 Å². The summed E-state index contributed by atoms with van der Waals surface area (Å²) in [6, 6.07) is 13.3. The van der Waals surface area contributed by atoms with Crippen molar-refractivity contribution in [2.24, 2.45) is 0 Å². The van der Waals surface area contributed by atoms with Crippen molar-refractivity contribution in [1.82, 2.24) is 0 Å². The lowest BCUT2D eigenvalue weighted by molar-refractivity contribution is 0.0529. The molecule has 1 amide bonds. The third-order valence-electron chi connectivity index (χ3n) is 5.49. The van der Waals surface area contributed by atoms with Crippen molar-refractivity contribution in [3.05, 3.63) is 70.1 Å². The lowest BCUT2D eigenvalue weighted by Crippen LogP contribution is -2.15. The molecule has 6 heteroatoms. The third-order valence-corrected chi connectivity index (χ3v) is 6.38. The highest BCUT2D eigenvalue weighted by molar-refractivity contribution is 7.15. The summed E-state index contributed by atoms with van der Waals surface area (Å²) in [5.74, 6) is -0.139. The molecule has 1 aromatic heterocycles. The summed E-state index contributed by atoms with van der Waals surface area (Å²) in [5.41, 5.74) is 5.34. The average molecular weight is 436 g/mol. The Morgan fingerprint density at radius 3 is 2.65 bits per heavy atom. The van der Waals surface area contributed by atoms with Crippen LogP contribution in [0.1, 0.15) is 51.6 Å². The maximum absolute atomic E-state index is 12.8. The quantitative estimate of drug-likeness (QED) is 0.502. The van der Waals surface area contributed by atoms with Gasteiger partial charge in [-0.15, -0.1) is 11.3 Å². The van der Waals surface area contributed by atoms with Crippen molar-refractivity contribution in [2.75, 3.05) is 19.0 Å². The van der Waals surface area contributed by atoms with Crippen molar-refractivity contribution in [2.45, 2.75) is 32.6 Å². The molecule has 1 N–H and O–H groups in total. The first-order valence-electron chi connectivity index (χ1n) is 10.5. The number of esters is 1. The first-order chi connectivity index (χ1) is 15.1. The maximum atomic E-state index is 12.8. The Kier molecular flexibility index (Phi) is 6.37. The number of rotatable bonds is 6. The molecule has 0 radical (unpaired) electrons. The minimum absolute atomic E-state index is 0.265. The van der Waals surface area contributed by atoms with Gasteiger partial charge in [0.2, 0.25) is 0 Å². The van der Waals surface area contributed by atoms with Crippen LogP contribution in [0.2, 0.25) is 0 Å². The van der Waals surface area contributed by atoms with E-state index in [0.717, 1.165) is 24.0 Å². The Bertz CT molecular complexity index is 1120. The minimum atomic E-state index is -0.433. The molecule has 1 heterocycles. The third kappa shape index (κ3) is 4.49. The molecule has 0 saturated heterocycles. The zero-order chi connectivity index (χ0) is 21.8. The SMILES string of the molecule is CCOC(=O)c1c(-c2ccc3c(c2)CCCC3)csc1NC(=O)c1cccc(OC)c1. The van der Waals surface area contributed by atoms with Crippen LogP contribution in [-0.4, -0.2) is 25.6 Å². The average Bonchev–Trinajstić information content (AvgIpc) is 3.22. The van der Waals surface area contributed by atoms with E-state index >= 15 is 0 Å². The molecule has 4 rings (SSSR count). The van der Waals surface area contributed by atoms with Gasteiger partial charge in [-0.3, -0.25) is 4.79 Å². The molecule has 5 nitrogen and oxygen atoms in total. The van der Waals surface area contributed by atoms with Gasteiger partial charge in [-0.1, -0.05) is 24.3 Å². The standard InChI is InChI=1S/C25H25NO4S/c1-3-30-25(28)22-21(18-12-11-16-7-4-5-8-17(16)13-18)15-31-24(22)26-23(27)19-9-6-10-20(14-19)29-2/h6,9-15H,3-5,7-8H2,1-2H3,(H,26,27). The van der Waals surface area contributed by atoms with E-state index in [2.05, 4.69) is 23.5 Å². The van der Waals surface area contributed by atoms with E-state index in [1.165, 1.54) is 35.3 Å². The van der Waals surface area contributed by atoms with Gasteiger partial charge in [0.05, 0.1) is 13.7 Å². The van der Waals surface area contributed by atoms with E-state index in [0.29, 0.717) is 21.9 Å². The van der Waals surface area contributed by atoms with E-state index in [-0.39, 0.29) is 12.5 Å². The predicted octanol–water partition coefficient (Wildman–Crippen LogP) is 5.73. The molecule has 1 aliphatic carbocycles. The number of ether oxygens (including phenoxy) is 2. The van der Waals surface area contributed by atoms with E-state index < -0.39 is 5.97 Å². The van der Waals surface area contributed by atoms with Crippen LogP contribution in [0, 0.1) is 0 Å². The van der Waals surface area contributed by atoms with Gasteiger partial charge in [0.15, 0.2) is 0 Å². The highest BCUT2D eigenvalue weighted by Gasteiger charge is 2.24. The van der Waals surface area contributed by atoms with Crippen LogP contribution in [0.3, 0.4) is 0 Å². The van der Waals surface area contributed by atoms with Crippen molar-refractivity contribution in [3.8, 4) is 16.9 Å². The van der Waals surface area contributed by atoms with Gasteiger partial charge in [-0.05, 0) is 67.5 Å². The number of aryl methyl sites for hydroxylation is 2. The monoisotopic (exact) mass is 435 g/mol. The van der Waals surface area contributed by atoms with E-state index in [1.807, 2.05) is 5.38 Å². The molecule has 2 aromatic carbocycles. The van der Waals surface area contributed by atoms with Gasteiger partial charge in [0.1, 0.15) is 16.3 Å². The summed E-state index contributed by atoms with van der Waals surface area (Å²) in [6.07, 6.45) is 4.57. The molecule has 0 bridgehead atoms. The number of methoxy groups -OCH3 is 1. The topological polar surface area (TPSA) is 64.6 Å². The first kappa shape index (κ1) is 21.1. The lowest BCUT2D eigenvalue weighted by atomic mass is 9.89. The summed E-state index contributed by atoms with van der Waals surface area (Å²) in [4.78, 5) is 25.7. The van der Waals surface area contributed by atoms with Crippen LogP contribution in [0.25, 0.3) is 11.1 Å². The molecular weight excluding hydrogens is 410 g/mol. The molecule has 160 valence electrons. The second-order valence-corrected chi connectivity index (χ2v) is 8.33. The van der Waals surface area contributed by atoms with Gasteiger partial charge in [0, 0.05) is 16.5 Å². The van der Waals surface area contributed by atoms with Gasteiger partial charge in [-0.2, -0.15) is 0 Å². The number of hydrogen-bond acceptors (Lipinski definition) is 5. The summed E-state index contributed by atoms with van der Waals surface area (Å²) >= 11 is 1.33. The lowest BCUT2D eigenvalue weighted by Gasteiger charge is -2.17. The predicted molar refractivity (Wildman–Crippen MR) is 123 cm³/mol. The highest BCUT2D eigenvalue weighted by atomic mass is 32.1. The molecular formula is C25H25NO4S. The van der Waals surface area contributed by atoms with E-state index in [9.17, 15) is 9.59 Å². The highest BCUT2D eigenvalue weighted by Crippen LogP contribution is 2.38. The fourth-order valence-corrected chi connectivity index (χ4v) is 4.86. The van der Waals surface area contributed by atoms with Gasteiger partial charge < -0.3 is 14.8 Å². The number of carbonyl (C=O) groups excluding carboxylic acids is 2. The Balaban J connectivity index is 1.69. The van der Waals surface area contributed by atoms with E-state index in [1.54, 1.807) is 38.3 Å². The fraction of sp³-hybridized carbons (Fsp3) is 0.280. The zero-order valence-electron chi connectivity index (χ0n) is 17.7. The first-order valence-corrected chi connectivity index (χ1v) is 11.3. The number of anilines is 1. The van der Waals surface area contributed by atoms with Crippen LogP contribution in [0.5, 0.6) is 5.75 Å². The molecule has 1 aliphatic rings. The molecule has 0 fully saturated rings. The van der Waals surface area contributed by atoms with E-state index in [4.69, 9.17) is 9.47 Å². The molecule has 3 aromatic rings. The second-order valence-electron chi connectivity index (χ2n) is 7.45. The van der Waals surface area contributed by atoms with Crippen molar-refractivity contribution in [1.29, 1.82) is 0 Å². The number of hydrogen-bond donors (Lipinski definition) is 1. The second kappa shape index (κ2) is 9.35. The number of fused-ring (bicyclic) bond motifs is 1. The number of nitrogens with one attached hydrogen (secondary N) is 1. The molecule has 0 atom stereocenters. The van der Waals surface area contributed by atoms with Crippen LogP contribution in [-0.2, 0) is 17.6 Å². The molecule has 0 aliphatic heterocycles. The van der Waals surface area contributed by atoms with Gasteiger partial charge in [0.25, 0.3) is 5.91 Å². The number of carbonyl (C=O) groups is 2. The number of amides is 1. The van der Waals surface area contributed by atoms with Crippen LogP contribution < -0.4 is 10.1 Å². The normalized spacial score (nSPS) is 12.7. The number of benzene rings is 2. The van der Waals surface area contributed by atoms with Crippen LogP contribution in [0.4, 0.5) is 5.00 Å². The van der Waals surface area contributed by atoms with Crippen molar-refractivity contribution < 1.29 is 19.1 Å². The Hall–Kier alpha value is -3.12. The van der Waals surface area contributed by atoms with Crippen LogP contribution in [0.15, 0.2) is 47.8 Å². The largest absolute Gasteiger partial charge is 0.497 e. The van der Waals surface area contributed by atoms with Crippen molar-refractivity contribution in [3.63, 3.8) is 0 Å². The minimum Gasteiger partial charge on any atom is -0.497 e. The molecule has 0 saturated carbocycles. The van der Waals surface area contributed by atoms with Crippen LogP contribution >= 0.6 is 11.3 Å². The fourth-order valence-electron chi connectivity index (χ4n) is 3.91. The molecule has 0 unspecified atom stereocenters. The summed E-state index contributed by atoms with van der Waals surface area (Å²) in [6.45, 7) is 2.04. The summed E-state index contributed by atoms with van der Waals surface area (Å²) in [7, 11) is 1.56.